The molecule has 0 atom stereocenters. The minimum absolute atomic E-state index is 0.0541. The van der Waals surface area contributed by atoms with E-state index in [1.165, 1.54) is 0 Å². The van der Waals surface area contributed by atoms with Crippen molar-refractivity contribution in [3.05, 3.63) is 17.6 Å². The van der Waals surface area contributed by atoms with Crippen molar-refractivity contribution in [3.63, 3.8) is 0 Å². The lowest BCUT2D eigenvalue weighted by atomic mass is 9.92. The summed E-state index contributed by atoms with van der Waals surface area (Å²) >= 11 is 0. The lowest BCUT2D eigenvalue weighted by molar-refractivity contribution is 0.305. The third-order valence-corrected chi connectivity index (χ3v) is 3.34. The maximum Gasteiger partial charge on any atom is 0.132 e. The highest BCUT2D eigenvalue weighted by Crippen LogP contribution is 2.22. The number of rotatable bonds is 6. The number of likely N-dealkylation sites (N-methyl/N-ethyl adjacent to an activating group) is 1. The number of hydrogen-bond donors (Lipinski definition) is 1. The number of nitrogens with one attached hydrogen (secondary N) is 1. The van der Waals surface area contributed by atoms with Gasteiger partial charge in [0.25, 0.3) is 0 Å². The summed E-state index contributed by atoms with van der Waals surface area (Å²) in [6, 6.07) is 2.04. The SMILES string of the molecule is CCN(CC)CCc1nc(NC)cc(C(C)(C)C)n1. The second-order valence-corrected chi connectivity index (χ2v) is 5.83. The van der Waals surface area contributed by atoms with E-state index in [9.17, 15) is 0 Å². The van der Waals surface area contributed by atoms with Crippen LogP contribution in [0.15, 0.2) is 6.07 Å². The highest BCUT2D eigenvalue weighted by atomic mass is 15.1. The third-order valence-electron chi connectivity index (χ3n) is 3.34. The van der Waals surface area contributed by atoms with Gasteiger partial charge in [0.15, 0.2) is 0 Å². The van der Waals surface area contributed by atoms with Crippen LogP contribution in [0.3, 0.4) is 0 Å². The molecule has 0 aliphatic heterocycles. The van der Waals surface area contributed by atoms with Crippen molar-refractivity contribution in [2.75, 3.05) is 32.0 Å². The van der Waals surface area contributed by atoms with Gasteiger partial charge in [0.1, 0.15) is 11.6 Å². The van der Waals surface area contributed by atoms with Gasteiger partial charge in [-0.15, -0.1) is 0 Å². The summed E-state index contributed by atoms with van der Waals surface area (Å²) in [6.45, 7) is 14.1. The first-order chi connectivity index (χ1) is 8.90. The molecule has 0 unspecified atom stereocenters. The number of nitrogens with zero attached hydrogens (tertiary/aromatic N) is 3. The third kappa shape index (κ3) is 4.78. The minimum Gasteiger partial charge on any atom is -0.373 e. The van der Waals surface area contributed by atoms with E-state index >= 15 is 0 Å². The van der Waals surface area contributed by atoms with Gasteiger partial charge in [-0.25, -0.2) is 9.97 Å². The molecule has 1 N–H and O–H groups in total. The zero-order valence-corrected chi connectivity index (χ0v) is 13.2. The molecule has 0 aliphatic rings. The molecule has 4 nitrogen and oxygen atoms in total. The number of aromatic nitrogens is 2. The van der Waals surface area contributed by atoms with E-state index in [1.807, 2.05) is 13.1 Å². The molecule has 4 heteroatoms. The molecule has 19 heavy (non-hydrogen) atoms. The first-order valence-corrected chi connectivity index (χ1v) is 7.19. The molecular weight excluding hydrogens is 236 g/mol. The highest BCUT2D eigenvalue weighted by Gasteiger charge is 2.17. The fourth-order valence-corrected chi connectivity index (χ4v) is 1.92. The summed E-state index contributed by atoms with van der Waals surface area (Å²) in [5, 5.41) is 3.13. The smallest absolute Gasteiger partial charge is 0.132 e. The van der Waals surface area contributed by atoms with Gasteiger partial charge >= 0.3 is 0 Å². The average Bonchev–Trinajstić information content (AvgIpc) is 2.38. The minimum atomic E-state index is 0.0541. The predicted octanol–water partition coefficient (Wildman–Crippen LogP) is 2.70. The monoisotopic (exact) mass is 264 g/mol. The van der Waals surface area contributed by atoms with Crippen LogP contribution in [-0.4, -0.2) is 41.5 Å². The van der Waals surface area contributed by atoms with Crippen molar-refractivity contribution >= 4 is 5.82 Å². The average molecular weight is 264 g/mol. The first-order valence-electron chi connectivity index (χ1n) is 7.19. The maximum atomic E-state index is 4.72. The van der Waals surface area contributed by atoms with Crippen molar-refractivity contribution in [1.82, 2.24) is 14.9 Å². The van der Waals surface area contributed by atoms with Crippen LogP contribution in [0.4, 0.5) is 5.82 Å². The Morgan fingerprint density at radius 3 is 2.26 bits per heavy atom. The van der Waals surface area contributed by atoms with Crippen molar-refractivity contribution in [2.45, 2.75) is 46.5 Å². The summed E-state index contributed by atoms with van der Waals surface area (Å²) in [4.78, 5) is 11.7. The van der Waals surface area contributed by atoms with Gasteiger partial charge in [0, 0.05) is 31.5 Å². The normalized spacial score (nSPS) is 11.9. The van der Waals surface area contributed by atoms with Crippen LogP contribution < -0.4 is 5.32 Å². The van der Waals surface area contributed by atoms with Gasteiger partial charge in [-0.1, -0.05) is 34.6 Å². The van der Waals surface area contributed by atoms with Crippen LogP contribution in [0, 0.1) is 0 Å². The van der Waals surface area contributed by atoms with Crippen molar-refractivity contribution in [3.8, 4) is 0 Å². The molecule has 0 fully saturated rings. The Balaban J connectivity index is 2.88. The Kier molecular flexibility index (Phi) is 5.73. The Labute approximate surface area is 117 Å². The number of anilines is 1. The second kappa shape index (κ2) is 6.85. The molecule has 0 radical (unpaired) electrons. The van der Waals surface area contributed by atoms with Crippen LogP contribution in [-0.2, 0) is 11.8 Å². The van der Waals surface area contributed by atoms with Gasteiger partial charge in [0.2, 0.25) is 0 Å². The summed E-state index contributed by atoms with van der Waals surface area (Å²) < 4.78 is 0. The molecule has 1 aromatic rings. The van der Waals surface area contributed by atoms with E-state index in [0.29, 0.717) is 0 Å². The van der Waals surface area contributed by atoms with E-state index < -0.39 is 0 Å². The molecule has 1 aromatic heterocycles. The zero-order valence-electron chi connectivity index (χ0n) is 13.2. The largest absolute Gasteiger partial charge is 0.373 e. The Morgan fingerprint density at radius 2 is 1.79 bits per heavy atom. The zero-order chi connectivity index (χ0) is 14.5. The fourth-order valence-electron chi connectivity index (χ4n) is 1.92. The summed E-state index contributed by atoms with van der Waals surface area (Å²) in [6.07, 6.45) is 0.903. The predicted molar refractivity (Wildman–Crippen MR) is 81.8 cm³/mol. The Hall–Kier alpha value is -1.16. The van der Waals surface area contributed by atoms with E-state index in [2.05, 4.69) is 49.8 Å². The van der Waals surface area contributed by atoms with Gasteiger partial charge in [-0.2, -0.15) is 0 Å². The molecule has 0 spiro atoms. The van der Waals surface area contributed by atoms with Crippen LogP contribution in [0.2, 0.25) is 0 Å². The second-order valence-electron chi connectivity index (χ2n) is 5.83. The topological polar surface area (TPSA) is 41.1 Å². The van der Waals surface area contributed by atoms with Crippen molar-refractivity contribution in [1.29, 1.82) is 0 Å². The van der Waals surface area contributed by atoms with Gasteiger partial charge < -0.3 is 10.2 Å². The molecular formula is C15H28N4. The molecule has 0 aliphatic carbocycles. The van der Waals surface area contributed by atoms with Crippen molar-refractivity contribution in [2.24, 2.45) is 0 Å². The Morgan fingerprint density at radius 1 is 1.16 bits per heavy atom. The van der Waals surface area contributed by atoms with E-state index in [1.54, 1.807) is 0 Å². The van der Waals surface area contributed by atoms with Crippen LogP contribution in [0.25, 0.3) is 0 Å². The molecule has 0 saturated carbocycles. The molecule has 0 aromatic carbocycles. The van der Waals surface area contributed by atoms with Gasteiger partial charge in [0.05, 0.1) is 5.69 Å². The fraction of sp³-hybridized carbons (Fsp3) is 0.733. The van der Waals surface area contributed by atoms with E-state index in [-0.39, 0.29) is 5.41 Å². The quantitative estimate of drug-likeness (QED) is 0.857. The lowest BCUT2D eigenvalue weighted by Crippen LogP contribution is -2.26. The van der Waals surface area contributed by atoms with Gasteiger partial charge in [-0.3, -0.25) is 0 Å². The van der Waals surface area contributed by atoms with Crippen LogP contribution in [0.5, 0.6) is 0 Å². The molecule has 108 valence electrons. The summed E-state index contributed by atoms with van der Waals surface area (Å²) in [5.74, 6) is 1.85. The standard InChI is InChI=1S/C15H28N4/c1-7-19(8-2)10-9-13-17-12(15(3,4)5)11-14(16-6)18-13/h11H,7-10H2,1-6H3,(H,16,17,18). The molecule has 0 amide bonds. The molecule has 1 rings (SSSR count). The van der Waals surface area contributed by atoms with Crippen molar-refractivity contribution < 1.29 is 0 Å². The summed E-state index contributed by atoms with van der Waals surface area (Å²) in [5.41, 5.74) is 1.15. The molecule has 0 saturated heterocycles. The van der Waals surface area contributed by atoms with Gasteiger partial charge in [-0.05, 0) is 13.1 Å². The molecule has 1 heterocycles. The first kappa shape index (κ1) is 15.9. The van der Waals surface area contributed by atoms with E-state index in [4.69, 9.17) is 4.98 Å². The lowest BCUT2D eigenvalue weighted by Gasteiger charge is -2.21. The van der Waals surface area contributed by atoms with E-state index in [0.717, 1.165) is 43.4 Å². The Bertz CT molecular complexity index is 392. The maximum absolute atomic E-state index is 4.72. The number of hydrogen-bond acceptors (Lipinski definition) is 4. The highest BCUT2D eigenvalue weighted by molar-refractivity contribution is 5.37. The molecule has 0 bridgehead atoms. The van der Waals surface area contributed by atoms with Crippen LogP contribution in [0.1, 0.15) is 46.1 Å². The summed E-state index contributed by atoms with van der Waals surface area (Å²) in [7, 11) is 1.91. The van der Waals surface area contributed by atoms with Crippen LogP contribution >= 0.6 is 0 Å².